The van der Waals surface area contributed by atoms with Gasteiger partial charge in [-0.1, -0.05) is 0 Å². The van der Waals surface area contributed by atoms with E-state index in [0.29, 0.717) is 61.6 Å². The van der Waals surface area contributed by atoms with Crippen LogP contribution in [-0.4, -0.2) is 70.9 Å². The maximum absolute atomic E-state index is 12.2. The van der Waals surface area contributed by atoms with E-state index in [4.69, 9.17) is 14.2 Å². The van der Waals surface area contributed by atoms with Crippen molar-refractivity contribution < 1.29 is 22.6 Å². The van der Waals surface area contributed by atoms with Crippen molar-refractivity contribution in [3.8, 4) is 11.5 Å². The quantitative estimate of drug-likeness (QED) is 0.516. The molecule has 0 saturated carbocycles. The van der Waals surface area contributed by atoms with E-state index < -0.39 is 9.84 Å². The molecule has 10 nitrogen and oxygen atoms in total. The minimum atomic E-state index is -3.15. The Kier molecular flexibility index (Phi) is 6.23. The summed E-state index contributed by atoms with van der Waals surface area (Å²) in [5, 5.41) is 4.26. The highest BCUT2D eigenvalue weighted by atomic mass is 32.2. The van der Waals surface area contributed by atoms with Gasteiger partial charge in [0.25, 0.3) is 0 Å². The van der Waals surface area contributed by atoms with Gasteiger partial charge < -0.3 is 19.1 Å². The molecule has 2 aliphatic heterocycles. The largest absolute Gasteiger partial charge is 0.497 e. The number of hydrazone groups is 1. The fourth-order valence-corrected chi connectivity index (χ4v) is 4.99. The van der Waals surface area contributed by atoms with Gasteiger partial charge in [0.15, 0.2) is 9.84 Å². The molecule has 1 saturated heterocycles. The molecule has 11 heteroatoms. The zero-order chi connectivity index (χ0) is 21.8. The van der Waals surface area contributed by atoms with Gasteiger partial charge in [-0.05, 0) is 18.2 Å². The molecule has 0 radical (unpaired) electrons. The van der Waals surface area contributed by atoms with Crippen molar-refractivity contribution in [3.05, 3.63) is 35.0 Å². The Labute approximate surface area is 181 Å². The van der Waals surface area contributed by atoms with Crippen molar-refractivity contribution >= 4 is 27.8 Å². The minimum Gasteiger partial charge on any atom is -0.497 e. The molecule has 0 amide bonds. The summed E-state index contributed by atoms with van der Waals surface area (Å²) in [6.45, 7) is 2.44. The van der Waals surface area contributed by atoms with Gasteiger partial charge >= 0.3 is 0 Å². The van der Waals surface area contributed by atoms with Crippen LogP contribution in [0.25, 0.3) is 0 Å². The van der Waals surface area contributed by atoms with Crippen molar-refractivity contribution in [2.75, 3.05) is 56.6 Å². The van der Waals surface area contributed by atoms with Crippen LogP contribution in [0.4, 0.5) is 11.8 Å². The first kappa shape index (κ1) is 21.3. The molecule has 1 aromatic heterocycles. The molecule has 166 valence electrons. The highest BCUT2D eigenvalue weighted by Crippen LogP contribution is 2.29. The third-order valence-electron chi connectivity index (χ3n) is 5.20. The SMILES string of the molecule is COc1ccc(OC)c(/C=N/Nc2nc3c(c(N4CCOCC4)n2)CS(=O)(=O)CC3)c1. The van der Waals surface area contributed by atoms with Gasteiger partial charge in [0.05, 0.1) is 50.8 Å². The highest BCUT2D eigenvalue weighted by molar-refractivity contribution is 7.90. The third kappa shape index (κ3) is 4.88. The molecule has 1 N–H and O–H groups in total. The molecule has 0 spiro atoms. The molecular weight excluding hydrogens is 422 g/mol. The van der Waals surface area contributed by atoms with Crippen LogP contribution < -0.4 is 19.8 Å². The first-order chi connectivity index (χ1) is 15.0. The number of aryl methyl sites for hydroxylation is 1. The van der Waals surface area contributed by atoms with Crippen molar-refractivity contribution in [2.24, 2.45) is 5.10 Å². The van der Waals surface area contributed by atoms with Gasteiger partial charge in [-0.2, -0.15) is 10.1 Å². The molecule has 1 fully saturated rings. The van der Waals surface area contributed by atoms with E-state index >= 15 is 0 Å². The second kappa shape index (κ2) is 9.06. The molecule has 0 atom stereocenters. The second-order valence-electron chi connectivity index (χ2n) is 7.22. The number of hydrogen-bond donors (Lipinski definition) is 1. The fourth-order valence-electron chi connectivity index (χ4n) is 3.60. The van der Waals surface area contributed by atoms with E-state index in [9.17, 15) is 8.42 Å². The molecule has 0 aliphatic carbocycles. The summed E-state index contributed by atoms with van der Waals surface area (Å²) in [6, 6.07) is 5.41. The molecule has 4 rings (SSSR count). The van der Waals surface area contributed by atoms with Crippen molar-refractivity contribution in [1.29, 1.82) is 0 Å². The van der Waals surface area contributed by atoms with Crippen LogP contribution in [-0.2, 0) is 26.7 Å². The number of anilines is 2. The lowest BCUT2D eigenvalue weighted by Crippen LogP contribution is -2.38. The zero-order valence-electron chi connectivity index (χ0n) is 17.5. The highest BCUT2D eigenvalue weighted by Gasteiger charge is 2.29. The lowest BCUT2D eigenvalue weighted by atomic mass is 10.1. The van der Waals surface area contributed by atoms with Crippen LogP contribution >= 0.6 is 0 Å². The third-order valence-corrected chi connectivity index (χ3v) is 6.76. The predicted molar refractivity (Wildman–Crippen MR) is 117 cm³/mol. The molecular formula is C20H25N5O5S. The average Bonchev–Trinajstić information content (AvgIpc) is 2.79. The first-order valence-electron chi connectivity index (χ1n) is 9.93. The summed E-state index contributed by atoms with van der Waals surface area (Å²) in [7, 11) is 0.0265. The lowest BCUT2D eigenvalue weighted by molar-refractivity contribution is 0.122. The van der Waals surface area contributed by atoms with Crippen molar-refractivity contribution in [3.63, 3.8) is 0 Å². The topological polar surface area (TPSA) is 115 Å². The van der Waals surface area contributed by atoms with Gasteiger partial charge in [-0.3, -0.25) is 0 Å². The molecule has 0 bridgehead atoms. The number of ether oxygens (including phenoxy) is 3. The number of methoxy groups -OCH3 is 2. The Hall–Kier alpha value is -2.92. The average molecular weight is 448 g/mol. The Bertz CT molecular complexity index is 1080. The molecule has 3 heterocycles. The van der Waals surface area contributed by atoms with Crippen LogP contribution in [0.3, 0.4) is 0 Å². The number of benzene rings is 1. The molecule has 2 aliphatic rings. The lowest BCUT2D eigenvalue weighted by Gasteiger charge is -2.31. The number of rotatable bonds is 6. The first-order valence-corrected chi connectivity index (χ1v) is 11.8. The number of morpholine rings is 1. The van der Waals surface area contributed by atoms with Crippen LogP contribution in [0, 0.1) is 0 Å². The number of sulfone groups is 1. The summed E-state index contributed by atoms with van der Waals surface area (Å²) in [4.78, 5) is 11.2. The van der Waals surface area contributed by atoms with Gasteiger partial charge in [-0.15, -0.1) is 0 Å². The number of aromatic nitrogens is 2. The summed E-state index contributed by atoms with van der Waals surface area (Å²) in [5.41, 5.74) is 5.02. The molecule has 1 aromatic carbocycles. The van der Waals surface area contributed by atoms with Crippen molar-refractivity contribution in [2.45, 2.75) is 12.2 Å². The Morgan fingerprint density at radius 2 is 2.00 bits per heavy atom. The number of nitrogens with one attached hydrogen (secondary N) is 1. The minimum absolute atomic E-state index is 0.0421. The summed E-state index contributed by atoms with van der Waals surface area (Å²) < 4.78 is 40.5. The van der Waals surface area contributed by atoms with E-state index in [2.05, 4.69) is 20.5 Å². The predicted octanol–water partition coefficient (Wildman–Crippen LogP) is 1.25. The monoisotopic (exact) mass is 447 g/mol. The number of fused-ring (bicyclic) bond motifs is 1. The summed E-state index contributed by atoms with van der Waals surface area (Å²) in [6.07, 6.45) is 1.96. The van der Waals surface area contributed by atoms with Gasteiger partial charge in [0.2, 0.25) is 5.95 Å². The molecule has 31 heavy (non-hydrogen) atoms. The van der Waals surface area contributed by atoms with E-state index in [0.717, 1.165) is 11.3 Å². The maximum Gasteiger partial charge on any atom is 0.245 e. The van der Waals surface area contributed by atoms with Gasteiger partial charge in [-0.25, -0.2) is 18.8 Å². The van der Waals surface area contributed by atoms with Crippen molar-refractivity contribution in [1.82, 2.24) is 9.97 Å². The van der Waals surface area contributed by atoms with Crippen LogP contribution in [0.5, 0.6) is 11.5 Å². The summed E-state index contributed by atoms with van der Waals surface area (Å²) >= 11 is 0. The zero-order valence-corrected chi connectivity index (χ0v) is 18.3. The van der Waals surface area contributed by atoms with Crippen LogP contribution in [0.1, 0.15) is 16.8 Å². The second-order valence-corrected chi connectivity index (χ2v) is 9.40. The standard InChI is InChI=1S/C20H25N5O5S/c1-28-15-3-4-18(29-2)14(11-15)12-21-24-20-22-17-5-10-31(26,27)13-16(17)19(23-20)25-6-8-30-9-7-25/h3-4,11-12H,5-10,13H2,1-2H3,(H,22,23,24)/b21-12+. The Balaban J connectivity index is 1.63. The summed E-state index contributed by atoms with van der Waals surface area (Å²) in [5.74, 6) is 2.33. The fraction of sp³-hybridized carbons (Fsp3) is 0.450. The number of nitrogens with zero attached hydrogens (tertiary/aromatic N) is 4. The molecule has 2 aromatic rings. The van der Waals surface area contributed by atoms with E-state index in [1.165, 1.54) is 0 Å². The van der Waals surface area contributed by atoms with E-state index in [1.54, 1.807) is 32.6 Å². The number of hydrogen-bond acceptors (Lipinski definition) is 10. The Morgan fingerprint density at radius 1 is 1.19 bits per heavy atom. The molecule has 0 unspecified atom stereocenters. The Morgan fingerprint density at radius 3 is 2.74 bits per heavy atom. The van der Waals surface area contributed by atoms with Gasteiger partial charge in [0.1, 0.15) is 17.3 Å². The van der Waals surface area contributed by atoms with Gasteiger partial charge in [0, 0.05) is 30.6 Å². The van der Waals surface area contributed by atoms with E-state index in [-0.39, 0.29) is 11.5 Å². The van der Waals surface area contributed by atoms with Crippen LogP contribution in [0.2, 0.25) is 0 Å². The normalized spacial score (nSPS) is 17.9. The van der Waals surface area contributed by atoms with Crippen LogP contribution in [0.15, 0.2) is 23.3 Å². The smallest absolute Gasteiger partial charge is 0.245 e. The van der Waals surface area contributed by atoms with E-state index in [1.807, 2.05) is 11.0 Å². The maximum atomic E-state index is 12.2.